The van der Waals surface area contributed by atoms with Crippen LogP contribution in [0.4, 0.5) is 0 Å². The van der Waals surface area contributed by atoms with Crippen molar-refractivity contribution in [1.29, 1.82) is 0 Å². The fourth-order valence-corrected chi connectivity index (χ4v) is 2.38. The van der Waals surface area contributed by atoms with Crippen LogP contribution in [0.5, 0.6) is 0 Å². The van der Waals surface area contributed by atoms with E-state index in [1.54, 1.807) is 0 Å². The predicted molar refractivity (Wildman–Crippen MR) is 63.4 cm³/mol. The lowest BCUT2D eigenvalue weighted by atomic mass is 9.71. The molecule has 0 aliphatic carbocycles. The van der Waals surface area contributed by atoms with Gasteiger partial charge in [0.15, 0.2) is 0 Å². The summed E-state index contributed by atoms with van der Waals surface area (Å²) in [5.41, 5.74) is 0.477. The monoisotopic (exact) mass is 200 g/mol. The van der Waals surface area contributed by atoms with E-state index in [9.17, 15) is 5.11 Å². The summed E-state index contributed by atoms with van der Waals surface area (Å²) in [4.78, 5) is 0. The smallest absolute Gasteiger partial charge is 0.0537 e. The Morgan fingerprint density at radius 1 is 1.07 bits per heavy atom. The molecule has 2 atom stereocenters. The Hall–Kier alpha value is -0.0400. The molecule has 0 aliphatic heterocycles. The van der Waals surface area contributed by atoms with Crippen LogP contribution in [0.15, 0.2) is 0 Å². The van der Waals surface area contributed by atoms with Gasteiger partial charge < -0.3 is 5.11 Å². The molecule has 0 radical (unpaired) electrons. The van der Waals surface area contributed by atoms with Crippen molar-refractivity contribution in [2.24, 2.45) is 11.3 Å². The van der Waals surface area contributed by atoms with Gasteiger partial charge in [0.05, 0.1) is 6.10 Å². The molecule has 0 amide bonds. The van der Waals surface area contributed by atoms with Crippen LogP contribution in [-0.4, -0.2) is 11.2 Å². The molecule has 86 valence electrons. The minimum absolute atomic E-state index is 0.163. The first-order valence-electron chi connectivity index (χ1n) is 6.19. The molecule has 0 aromatic heterocycles. The third kappa shape index (κ3) is 4.00. The molecule has 0 heterocycles. The van der Waals surface area contributed by atoms with Crippen molar-refractivity contribution >= 4 is 0 Å². The molecule has 0 aromatic carbocycles. The van der Waals surface area contributed by atoms with Gasteiger partial charge in [-0.25, -0.2) is 0 Å². The molecule has 0 aliphatic rings. The first-order chi connectivity index (χ1) is 6.51. The average Bonchev–Trinajstić information content (AvgIpc) is 2.16. The molecule has 1 heteroatoms. The van der Waals surface area contributed by atoms with Crippen LogP contribution in [0.1, 0.15) is 66.7 Å². The molecule has 0 aromatic rings. The van der Waals surface area contributed by atoms with E-state index < -0.39 is 0 Å². The molecule has 2 unspecified atom stereocenters. The van der Waals surface area contributed by atoms with E-state index in [0.717, 1.165) is 0 Å². The highest BCUT2D eigenvalue weighted by molar-refractivity contribution is 4.79. The Morgan fingerprint density at radius 3 is 1.86 bits per heavy atom. The van der Waals surface area contributed by atoms with Gasteiger partial charge in [0.2, 0.25) is 0 Å². The average molecular weight is 200 g/mol. The maximum absolute atomic E-state index is 9.54. The Bertz CT molecular complexity index is 136. The zero-order valence-electron chi connectivity index (χ0n) is 10.6. The van der Waals surface area contributed by atoms with E-state index in [-0.39, 0.29) is 6.10 Å². The predicted octanol–water partition coefficient (Wildman–Crippen LogP) is 4.00. The molecule has 0 saturated carbocycles. The summed E-state index contributed by atoms with van der Waals surface area (Å²) in [6, 6.07) is 0. The van der Waals surface area contributed by atoms with Crippen molar-refractivity contribution in [3.05, 3.63) is 0 Å². The van der Waals surface area contributed by atoms with Gasteiger partial charge in [0, 0.05) is 0 Å². The minimum atomic E-state index is -0.163. The van der Waals surface area contributed by atoms with Crippen LogP contribution >= 0.6 is 0 Å². The molecule has 0 rings (SSSR count). The summed E-state index contributed by atoms with van der Waals surface area (Å²) in [6.07, 6.45) is 6.06. The molecular formula is C13H28O. The van der Waals surface area contributed by atoms with Crippen molar-refractivity contribution in [2.75, 3.05) is 0 Å². The largest absolute Gasteiger partial charge is 0.393 e. The van der Waals surface area contributed by atoms with E-state index in [1.165, 1.54) is 32.1 Å². The highest BCUT2D eigenvalue weighted by Crippen LogP contribution is 2.39. The van der Waals surface area contributed by atoms with Crippen LogP contribution in [0.3, 0.4) is 0 Å². The van der Waals surface area contributed by atoms with Crippen molar-refractivity contribution in [3.63, 3.8) is 0 Å². The summed E-state index contributed by atoms with van der Waals surface area (Å²) < 4.78 is 0. The van der Waals surface area contributed by atoms with E-state index >= 15 is 0 Å². The van der Waals surface area contributed by atoms with Gasteiger partial charge in [-0.3, -0.25) is 0 Å². The highest BCUT2D eigenvalue weighted by atomic mass is 16.3. The first kappa shape index (κ1) is 14.0. The topological polar surface area (TPSA) is 20.2 Å². The molecule has 0 bridgehead atoms. The Morgan fingerprint density at radius 2 is 1.57 bits per heavy atom. The van der Waals surface area contributed by atoms with Gasteiger partial charge in [-0.1, -0.05) is 47.0 Å². The molecule has 1 nitrogen and oxygen atoms in total. The van der Waals surface area contributed by atoms with Crippen molar-refractivity contribution in [3.8, 4) is 0 Å². The van der Waals surface area contributed by atoms with Crippen molar-refractivity contribution in [1.82, 2.24) is 0 Å². The van der Waals surface area contributed by atoms with Crippen LogP contribution in [-0.2, 0) is 0 Å². The van der Waals surface area contributed by atoms with Gasteiger partial charge in [0.1, 0.15) is 0 Å². The molecule has 0 saturated heterocycles. The summed E-state index contributed by atoms with van der Waals surface area (Å²) in [6.45, 7) is 10.9. The summed E-state index contributed by atoms with van der Waals surface area (Å²) in [7, 11) is 0. The fourth-order valence-electron chi connectivity index (χ4n) is 2.38. The lowest BCUT2D eigenvalue weighted by Crippen LogP contribution is -2.26. The van der Waals surface area contributed by atoms with Crippen molar-refractivity contribution < 1.29 is 5.11 Å². The van der Waals surface area contributed by atoms with Gasteiger partial charge in [-0.15, -0.1) is 0 Å². The van der Waals surface area contributed by atoms with Gasteiger partial charge in [-0.05, 0) is 31.1 Å². The summed E-state index contributed by atoms with van der Waals surface area (Å²) in [5, 5.41) is 9.54. The fraction of sp³-hybridized carbons (Fsp3) is 1.00. The summed E-state index contributed by atoms with van der Waals surface area (Å²) in [5.74, 6) is 0.432. The second-order valence-electron chi connectivity index (χ2n) is 4.88. The second-order valence-corrected chi connectivity index (χ2v) is 4.88. The van der Waals surface area contributed by atoms with Gasteiger partial charge >= 0.3 is 0 Å². The van der Waals surface area contributed by atoms with Crippen LogP contribution in [0, 0.1) is 11.3 Å². The summed E-state index contributed by atoms with van der Waals surface area (Å²) >= 11 is 0. The highest BCUT2D eigenvalue weighted by Gasteiger charge is 2.28. The van der Waals surface area contributed by atoms with Crippen molar-refractivity contribution in [2.45, 2.75) is 72.8 Å². The lowest BCUT2D eigenvalue weighted by molar-refractivity contribution is 0.0822. The maximum atomic E-state index is 9.54. The standard InChI is InChI=1S/C13H28O/c1-6-9-13(7-2,8-3)10-11(4)12(5)14/h11-12,14H,6-10H2,1-5H3. The molecule has 14 heavy (non-hydrogen) atoms. The molecule has 1 N–H and O–H groups in total. The van der Waals surface area contributed by atoms with Gasteiger partial charge in [-0.2, -0.15) is 0 Å². The van der Waals surface area contributed by atoms with Crippen LogP contribution in [0.2, 0.25) is 0 Å². The zero-order chi connectivity index (χ0) is 11.2. The number of rotatable bonds is 7. The third-order valence-electron chi connectivity index (χ3n) is 3.86. The minimum Gasteiger partial charge on any atom is -0.393 e. The second kappa shape index (κ2) is 6.44. The van der Waals surface area contributed by atoms with E-state index in [2.05, 4.69) is 27.7 Å². The number of hydrogen-bond acceptors (Lipinski definition) is 1. The lowest BCUT2D eigenvalue weighted by Gasteiger charge is -2.35. The van der Waals surface area contributed by atoms with E-state index in [4.69, 9.17) is 0 Å². The van der Waals surface area contributed by atoms with E-state index in [0.29, 0.717) is 11.3 Å². The maximum Gasteiger partial charge on any atom is 0.0537 e. The van der Waals surface area contributed by atoms with Crippen LogP contribution in [0.25, 0.3) is 0 Å². The van der Waals surface area contributed by atoms with Gasteiger partial charge in [0.25, 0.3) is 0 Å². The molecule has 0 spiro atoms. The number of aliphatic hydroxyl groups excluding tert-OH is 1. The first-order valence-corrected chi connectivity index (χ1v) is 6.19. The molecule has 0 fully saturated rings. The SMILES string of the molecule is CCCC(CC)(CC)CC(C)C(C)O. The number of hydrogen-bond donors (Lipinski definition) is 1. The normalized spacial score (nSPS) is 16.7. The number of aliphatic hydroxyl groups is 1. The Kier molecular flexibility index (Phi) is 6.43. The Balaban J connectivity index is 4.33. The van der Waals surface area contributed by atoms with E-state index in [1.807, 2.05) is 6.92 Å². The Labute approximate surface area is 89.9 Å². The molecular weight excluding hydrogens is 172 g/mol. The van der Waals surface area contributed by atoms with Crippen LogP contribution < -0.4 is 0 Å². The third-order valence-corrected chi connectivity index (χ3v) is 3.86. The quantitative estimate of drug-likeness (QED) is 0.658. The zero-order valence-corrected chi connectivity index (χ0v) is 10.6.